The summed E-state index contributed by atoms with van der Waals surface area (Å²) in [6.45, 7) is 1.35. The van der Waals surface area contributed by atoms with Crippen LogP contribution in [-0.4, -0.2) is 44.9 Å². The van der Waals surface area contributed by atoms with Crippen molar-refractivity contribution in [3.8, 4) is 12.1 Å². The van der Waals surface area contributed by atoms with Gasteiger partial charge in [-0.3, -0.25) is 4.79 Å². The molecule has 2 rings (SSSR count). The van der Waals surface area contributed by atoms with Gasteiger partial charge >= 0.3 is 5.97 Å². The standard InChI is InChI=1S/C23H24N4O5S/c1-18-9-10-20(15-21(18)33(30,31)26-16-19-7-3-2-4-8-19)23(29)32-17-22(28)27(13-5-11-24)14-6-12-25/h2-4,7-10,15,26H,5-6,13-14,16-17H2,1H3. The number of nitriles is 2. The van der Waals surface area contributed by atoms with Crippen molar-refractivity contribution in [2.24, 2.45) is 0 Å². The van der Waals surface area contributed by atoms with Crippen molar-refractivity contribution >= 4 is 21.9 Å². The molecule has 0 fully saturated rings. The summed E-state index contributed by atoms with van der Waals surface area (Å²) in [4.78, 5) is 26.0. The number of amides is 1. The normalized spacial score (nSPS) is 10.6. The Morgan fingerprint density at radius 1 is 1.03 bits per heavy atom. The summed E-state index contributed by atoms with van der Waals surface area (Å²) in [6.07, 6.45) is 0.167. The average Bonchev–Trinajstić information content (AvgIpc) is 2.82. The van der Waals surface area contributed by atoms with Crippen LogP contribution in [0.4, 0.5) is 0 Å². The summed E-state index contributed by atoms with van der Waals surface area (Å²) in [5, 5.41) is 17.4. The Kier molecular flexibility index (Phi) is 9.55. The van der Waals surface area contributed by atoms with Gasteiger partial charge in [0.1, 0.15) is 0 Å². The quantitative estimate of drug-likeness (QED) is 0.499. The van der Waals surface area contributed by atoms with Crippen molar-refractivity contribution in [1.29, 1.82) is 10.5 Å². The van der Waals surface area contributed by atoms with Gasteiger partial charge in [0, 0.05) is 19.6 Å². The molecule has 0 radical (unpaired) electrons. The van der Waals surface area contributed by atoms with E-state index in [1.165, 1.54) is 23.1 Å². The topological polar surface area (TPSA) is 140 Å². The van der Waals surface area contributed by atoms with Gasteiger partial charge in [0.05, 0.1) is 35.4 Å². The van der Waals surface area contributed by atoms with Crippen molar-refractivity contribution in [1.82, 2.24) is 9.62 Å². The molecule has 9 nitrogen and oxygen atoms in total. The first-order chi connectivity index (χ1) is 15.8. The zero-order valence-corrected chi connectivity index (χ0v) is 19.0. The number of carbonyl (C=O) groups excluding carboxylic acids is 2. The molecule has 0 aliphatic heterocycles. The Balaban J connectivity index is 2.07. The number of hydrogen-bond donors (Lipinski definition) is 1. The Morgan fingerprint density at radius 3 is 2.27 bits per heavy atom. The molecule has 33 heavy (non-hydrogen) atoms. The van der Waals surface area contributed by atoms with Gasteiger partial charge in [-0.15, -0.1) is 0 Å². The minimum Gasteiger partial charge on any atom is -0.452 e. The molecule has 172 valence electrons. The smallest absolute Gasteiger partial charge is 0.338 e. The molecular formula is C23H24N4O5S. The second kappa shape index (κ2) is 12.3. The highest BCUT2D eigenvalue weighted by atomic mass is 32.2. The summed E-state index contributed by atoms with van der Waals surface area (Å²) < 4.78 is 33.1. The summed E-state index contributed by atoms with van der Waals surface area (Å²) in [7, 11) is -3.90. The number of aryl methyl sites for hydroxylation is 1. The van der Waals surface area contributed by atoms with Crippen LogP contribution in [0.2, 0.25) is 0 Å². The second-order valence-corrected chi connectivity index (χ2v) is 8.80. The van der Waals surface area contributed by atoms with Crippen LogP contribution >= 0.6 is 0 Å². The third-order valence-electron chi connectivity index (χ3n) is 4.69. The third kappa shape index (κ3) is 7.72. The molecule has 0 aromatic heterocycles. The summed E-state index contributed by atoms with van der Waals surface area (Å²) in [6, 6.07) is 17.0. The van der Waals surface area contributed by atoms with E-state index in [1.807, 2.05) is 18.2 Å². The maximum Gasteiger partial charge on any atom is 0.338 e. The SMILES string of the molecule is Cc1ccc(C(=O)OCC(=O)N(CCC#N)CCC#N)cc1S(=O)(=O)NCc1ccccc1. The molecule has 2 aromatic rings. The number of ether oxygens (including phenoxy) is 1. The van der Waals surface area contributed by atoms with Gasteiger partial charge in [-0.1, -0.05) is 36.4 Å². The van der Waals surface area contributed by atoms with E-state index in [1.54, 1.807) is 31.2 Å². The fraction of sp³-hybridized carbons (Fsp3) is 0.304. The minimum atomic E-state index is -3.90. The first-order valence-electron chi connectivity index (χ1n) is 10.1. The lowest BCUT2D eigenvalue weighted by molar-refractivity contribution is -0.134. The Labute approximate surface area is 193 Å². The van der Waals surface area contributed by atoms with E-state index < -0.39 is 28.5 Å². The van der Waals surface area contributed by atoms with Crippen molar-refractivity contribution in [2.75, 3.05) is 19.7 Å². The Morgan fingerprint density at radius 2 is 1.67 bits per heavy atom. The molecule has 1 amide bonds. The van der Waals surface area contributed by atoms with Crippen molar-refractivity contribution in [3.63, 3.8) is 0 Å². The maximum atomic E-state index is 12.8. The van der Waals surface area contributed by atoms with Gasteiger partial charge in [-0.2, -0.15) is 10.5 Å². The van der Waals surface area contributed by atoms with E-state index in [0.717, 1.165) is 5.56 Å². The second-order valence-electron chi connectivity index (χ2n) is 7.06. The van der Waals surface area contributed by atoms with Gasteiger partial charge in [0.25, 0.3) is 5.91 Å². The number of carbonyl (C=O) groups is 2. The van der Waals surface area contributed by atoms with Crippen LogP contribution in [0.3, 0.4) is 0 Å². The number of hydrogen-bond acceptors (Lipinski definition) is 7. The lowest BCUT2D eigenvalue weighted by Crippen LogP contribution is -2.36. The van der Waals surface area contributed by atoms with Gasteiger partial charge in [-0.25, -0.2) is 17.9 Å². The van der Waals surface area contributed by atoms with Crippen molar-refractivity contribution < 1.29 is 22.7 Å². The lowest BCUT2D eigenvalue weighted by atomic mass is 10.1. The zero-order valence-electron chi connectivity index (χ0n) is 18.2. The fourth-order valence-corrected chi connectivity index (χ4v) is 4.19. The van der Waals surface area contributed by atoms with Crippen LogP contribution in [0.1, 0.15) is 34.3 Å². The van der Waals surface area contributed by atoms with Gasteiger partial charge in [0.15, 0.2) is 6.61 Å². The van der Waals surface area contributed by atoms with Crippen LogP contribution in [0.25, 0.3) is 0 Å². The van der Waals surface area contributed by atoms with Gasteiger partial charge in [-0.05, 0) is 30.2 Å². The van der Waals surface area contributed by atoms with E-state index in [9.17, 15) is 18.0 Å². The summed E-state index contributed by atoms with van der Waals surface area (Å²) >= 11 is 0. The highest BCUT2D eigenvalue weighted by molar-refractivity contribution is 7.89. The summed E-state index contributed by atoms with van der Waals surface area (Å²) in [5.74, 6) is -1.40. The maximum absolute atomic E-state index is 12.8. The summed E-state index contributed by atoms with van der Waals surface area (Å²) in [5.41, 5.74) is 1.21. The Hall–Kier alpha value is -3.73. The van der Waals surface area contributed by atoms with Crippen LogP contribution in [-0.2, 0) is 26.1 Å². The van der Waals surface area contributed by atoms with Crippen molar-refractivity contribution in [3.05, 3.63) is 65.2 Å². The zero-order chi connectivity index (χ0) is 24.3. The lowest BCUT2D eigenvalue weighted by Gasteiger charge is -2.20. The van der Waals surface area contributed by atoms with E-state index in [0.29, 0.717) is 5.56 Å². The average molecular weight is 469 g/mol. The number of nitrogens with one attached hydrogen (secondary N) is 1. The molecule has 0 bridgehead atoms. The molecule has 1 N–H and O–H groups in total. The molecule has 0 atom stereocenters. The highest BCUT2D eigenvalue weighted by Crippen LogP contribution is 2.18. The molecule has 0 saturated carbocycles. The fourth-order valence-electron chi connectivity index (χ4n) is 2.90. The molecule has 0 aliphatic carbocycles. The molecule has 0 spiro atoms. The molecule has 0 unspecified atom stereocenters. The van der Waals surface area contributed by atoms with E-state index in [4.69, 9.17) is 15.3 Å². The van der Waals surface area contributed by atoms with Crippen LogP contribution in [0.15, 0.2) is 53.4 Å². The largest absolute Gasteiger partial charge is 0.452 e. The molecular weight excluding hydrogens is 444 g/mol. The van der Waals surface area contributed by atoms with Crippen LogP contribution in [0, 0.1) is 29.6 Å². The molecule has 2 aromatic carbocycles. The monoisotopic (exact) mass is 468 g/mol. The van der Waals surface area contributed by atoms with Crippen LogP contribution in [0.5, 0.6) is 0 Å². The van der Waals surface area contributed by atoms with E-state index in [2.05, 4.69) is 4.72 Å². The van der Waals surface area contributed by atoms with Gasteiger partial charge < -0.3 is 9.64 Å². The first-order valence-corrected chi connectivity index (χ1v) is 11.6. The van der Waals surface area contributed by atoms with E-state index in [-0.39, 0.29) is 42.9 Å². The third-order valence-corrected chi connectivity index (χ3v) is 6.23. The number of benzene rings is 2. The van der Waals surface area contributed by atoms with Gasteiger partial charge in [0.2, 0.25) is 10.0 Å². The predicted molar refractivity (Wildman–Crippen MR) is 119 cm³/mol. The van der Waals surface area contributed by atoms with Crippen molar-refractivity contribution in [2.45, 2.75) is 31.2 Å². The number of rotatable bonds is 11. The Bertz CT molecular complexity index is 1150. The van der Waals surface area contributed by atoms with E-state index >= 15 is 0 Å². The number of sulfonamides is 1. The number of nitrogens with zero attached hydrogens (tertiary/aromatic N) is 3. The molecule has 0 aliphatic rings. The number of esters is 1. The predicted octanol–water partition coefficient (Wildman–Crippen LogP) is 2.29. The first kappa shape index (κ1) is 25.5. The minimum absolute atomic E-state index is 0.0194. The molecule has 0 saturated heterocycles. The molecule has 0 heterocycles. The highest BCUT2D eigenvalue weighted by Gasteiger charge is 2.21. The molecule has 10 heteroatoms. The van der Waals surface area contributed by atoms with Crippen LogP contribution < -0.4 is 4.72 Å².